The van der Waals surface area contributed by atoms with E-state index < -0.39 is 24.3 Å². The third-order valence-corrected chi connectivity index (χ3v) is 5.22. The molecule has 10 heteroatoms. The van der Waals surface area contributed by atoms with E-state index >= 15 is 0 Å². The Kier molecular flexibility index (Phi) is 4.76. The minimum atomic E-state index is -2.89. The van der Waals surface area contributed by atoms with Crippen molar-refractivity contribution in [2.45, 2.75) is 12.3 Å². The predicted molar refractivity (Wildman–Crippen MR) is 112 cm³/mol. The molecule has 0 radical (unpaired) electrons. The quantitative estimate of drug-likeness (QED) is 0.512. The summed E-state index contributed by atoms with van der Waals surface area (Å²) in [4.78, 5) is 21.9. The van der Waals surface area contributed by atoms with E-state index in [4.69, 9.17) is 0 Å². The van der Waals surface area contributed by atoms with Crippen molar-refractivity contribution in [3.8, 4) is 22.5 Å². The van der Waals surface area contributed by atoms with Crippen LogP contribution in [0.5, 0.6) is 0 Å². The molecule has 0 spiro atoms. The van der Waals surface area contributed by atoms with Crippen LogP contribution in [-0.2, 0) is 0 Å². The molecule has 4 aromatic rings. The number of fused-ring (bicyclic) bond motifs is 1. The Balaban J connectivity index is 1.42. The molecule has 2 aromatic carbocycles. The lowest BCUT2D eigenvalue weighted by molar-refractivity contribution is 0.0159. The molecule has 0 aliphatic carbocycles. The zero-order valence-electron chi connectivity index (χ0n) is 16.7. The van der Waals surface area contributed by atoms with E-state index in [0.717, 1.165) is 22.1 Å². The molecule has 1 fully saturated rings. The molecule has 0 unspecified atom stereocenters. The second kappa shape index (κ2) is 7.63. The third kappa shape index (κ3) is 3.86. The van der Waals surface area contributed by atoms with Crippen LogP contribution in [0, 0.1) is 5.82 Å². The zero-order chi connectivity index (χ0) is 22.3. The van der Waals surface area contributed by atoms with Crippen molar-refractivity contribution in [1.29, 1.82) is 0 Å². The van der Waals surface area contributed by atoms with Crippen molar-refractivity contribution in [3.05, 3.63) is 66.7 Å². The number of amides is 2. The number of rotatable bonds is 3. The summed E-state index contributed by atoms with van der Waals surface area (Å²) < 4.78 is 42.7. The first-order valence-corrected chi connectivity index (χ1v) is 9.89. The van der Waals surface area contributed by atoms with Gasteiger partial charge < -0.3 is 10.2 Å². The second-order valence-electron chi connectivity index (χ2n) is 7.54. The van der Waals surface area contributed by atoms with Crippen molar-refractivity contribution < 1.29 is 18.0 Å². The number of nitrogens with one attached hydrogen (secondary N) is 1. The molecule has 1 aliphatic heterocycles. The maximum absolute atomic E-state index is 14.5. The van der Waals surface area contributed by atoms with E-state index in [0.29, 0.717) is 0 Å². The van der Waals surface area contributed by atoms with Crippen molar-refractivity contribution in [3.63, 3.8) is 0 Å². The van der Waals surface area contributed by atoms with E-state index in [1.807, 2.05) is 30.3 Å². The fourth-order valence-corrected chi connectivity index (χ4v) is 3.56. The lowest BCUT2D eigenvalue weighted by Gasteiger charge is -2.17. The molecule has 0 bridgehead atoms. The average Bonchev–Trinajstić information content (AvgIpc) is 3.38. The highest BCUT2D eigenvalue weighted by atomic mass is 19.3. The Morgan fingerprint density at radius 3 is 2.66 bits per heavy atom. The first kappa shape index (κ1) is 20.0. The molecule has 162 valence electrons. The molecule has 3 heterocycles. The summed E-state index contributed by atoms with van der Waals surface area (Å²) in [5.41, 5.74) is 2.07. The predicted octanol–water partition coefficient (Wildman–Crippen LogP) is 4.47. The number of anilines is 1. The number of carbonyl (C=O) groups is 1. The van der Waals surface area contributed by atoms with Gasteiger partial charge in [0.2, 0.25) is 0 Å². The number of urea groups is 1. The lowest BCUT2D eigenvalue weighted by Crippen LogP contribution is -2.34. The molecular formula is C22H17F3N6O. The molecule has 0 saturated carbocycles. The molecule has 7 nitrogen and oxygen atoms in total. The molecule has 1 aliphatic rings. The van der Waals surface area contributed by atoms with Crippen LogP contribution >= 0.6 is 0 Å². The van der Waals surface area contributed by atoms with Crippen LogP contribution in [0.4, 0.5) is 23.7 Å². The highest BCUT2D eigenvalue weighted by Crippen LogP contribution is 2.28. The number of alkyl halides is 2. The summed E-state index contributed by atoms with van der Waals surface area (Å²) in [6.45, 7) is -0.688. The molecule has 2 aromatic heterocycles. The Morgan fingerprint density at radius 2 is 1.91 bits per heavy atom. The largest absolute Gasteiger partial charge is 0.322 e. The van der Waals surface area contributed by atoms with Gasteiger partial charge >= 0.3 is 6.03 Å². The van der Waals surface area contributed by atoms with Gasteiger partial charge in [-0.25, -0.2) is 27.5 Å². The zero-order valence-corrected chi connectivity index (χ0v) is 16.7. The van der Waals surface area contributed by atoms with E-state index in [2.05, 4.69) is 20.4 Å². The number of likely N-dealkylation sites (tertiary alicyclic amines) is 1. The first-order chi connectivity index (χ1) is 15.4. The maximum Gasteiger partial charge on any atom is 0.322 e. The van der Waals surface area contributed by atoms with Crippen LogP contribution in [-0.4, -0.2) is 49.5 Å². The molecule has 5 rings (SSSR count). The monoisotopic (exact) mass is 438 g/mol. The summed E-state index contributed by atoms with van der Waals surface area (Å²) in [6, 6.07) is 12.8. The molecule has 0 atom stereocenters. The average molecular weight is 438 g/mol. The summed E-state index contributed by atoms with van der Waals surface area (Å²) >= 11 is 0. The topological polar surface area (TPSA) is 75.4 Å². The fraction of sp³-hybridized carbons (Fsp3) is 0.182. The number of hydrogen-bond donors (Lipinski definition) is 1. The summed E-state index contributed by atoms with van der Waals surface area (Å²) in [7, 11) is 0. The number of halogens is 3. The fourth-order valence-electron chi connectivity index (χ4n) is 3.56. The van der Waals surface area contributed by atoms with Gasteiger partial charge in [-0.3, -0.25) is 0 Å². The van der Waals surface area contributed by atoms with E-state index in [9.17, 15) is 18.0 Å². The maximum atomic E-state index is 14.5. The van der Waals surface area contributed by atoms with Gasteiger partial charge in [0.05, 0.1) is 12.1 Å². The Labute approximate surface area is 180 Å². The Bertz CT molecular complexity index is 1310. The highest BCUT2D eigenvalue weighted by molar-refractivity contribution is 5.90. The minimum Gasteiger partial charge on any atom is -0.318 e. The van der Waals surface area contributed by atoms with Crippen LogP contribution in [0.2, 0.25) is 0 Å². The van der Waals surface area contributed by atoms with Crippen LogP contribution in [0.1, 0.15) is 6.42 Å². The van der Waals surface area contributed by atoms with Crippen LogP contribution in [0.15, 0.2) is 60.9 Å². The minimum absolute atomic E-state index is 0.0453. The van der Waals surface area contributed by atoms with Crippen LogP contribution < -0.4 is 5.32 Å². The second-order valence-corrected chi connectivity index (χ2v) is 7.54. The summed E-state index contributed by atoms with van der Waals surface area (Å²) in [5, 5.41) is 6.86. The van der Waals surface area contributed by atoms with Crippen molar-refractivity contribution in [2.24, 2.45) is 0 Å². The highest BCUT2D eigenvalue weighted by Gasteiger charge is 2.40. The molecule has 32 heavy (non-hydrogen) atoms. The van der Waals surface area contributed by atoms with Gasteiger partial charge in [-0.05, 0) is 23.8 Å². The number of carbonyl (C=O) groups excluding carboxylic acids is 1. The van der Waals surface area contributed by atoms with Gasteiger partial charge in [0.15, 0.2) is 5.82 Å². The van der Waals surface area contributed by atoms with Crippen molar-refractivity contribution in [1.82, 2.24) is 24.5 Å². The summed E-state index contributed by atoms with van der Waals surface area (Å²) in [5.74, 6) is -3.11. The third-order valence-electron chi connectivity index (χ3n) is 5.22. The number of aromatic nitrogens is 4. The van der Waals surface area contributed by atoms with E-state index in [-0.39, 0.29) is 35.8 Å². The van der Waals surface area contributed by atoms with E-state index in [1.165, 1.54) is 16.6 Å². The lowest BCUT2D eigenvalue weighted by atomic mass is 10.1. The van der Waals surface area contributed by atoms with Crippen LogP contribution in [0.25, 0.3) is 28.3 Å². The van der Waals surface area contributed by atoms with Gasteiger partial charge in [-0.15, -0.1) is 5.10 Å². The van der Waals surface area contributed by atoms with Gasteiger partial charge in [0.25, 0.3) is 11.7 Å². The molecule has 2 amide bonds. The summed E-state index contributed by atoms with van der Waals surface area (Å²) in [6.07, 6.45) is 3.02. The Morgan fingerprint density at radius 1 is 1.09 bits per heavy atom. The van der Waals surface area contributed by atoms with Crippen molar-refractivity contribution in [2.75, 3.05) is 18.4 Å². The van der Waals surface area contributed by atoms with E-state index in [1.54, 1.807) is 12.4 Å². The van der Waals surface area contributed by atoms with Gasteiger partial charge in [-0.1, -0.05) is 30.3 Å². The Hall–Kier alpha value is -3.95. The number of nitrogens with zero attached hydrogens (tertiary/aromatic N) is 5. The van der Waals surface area contributed by atoms with Gasteiger partial charge in [0.1, 0.15) is 5.82 Å². The molecule has 1 N–H and O–H groups in total. The van der Waals surface area contributed by atoms with Crippen LogP contribution in [0.3, 0.4) is 0 Å². The van der Waals surface area contributed by atoms with Gasteiger partial charge in [-0.2, -0.15) is 4.98 Å². The number of benzene rings is 2. The molecule has 1 saturated heterocycles. The smallest absolute Gasteiger partial charge is 0.318 e. The normalized spacial score (nSPS) is 15.3. The standard InChI is InChI=1S/C22H17F3N6O/c23-18-7-6-16(27-21(32)30-9-8-22(24,25)13-30)10-17(18)19-28-20-26-11-15(12-31(20)29-19)14-4-2-1-3-5-14/h1-7,10-12H,8-9,13H2,(H,27,32). The van der Waals surface area contributed by atoms with Crippen molar-refractivity contribution >= 4 is 17.5 Å². The first-order valence-electron chi connectivity index (χ1n) is 9.89. The SMILES string of the molecule is O=C(Nc1ccc(F)c(-c2nc3ncc(-c4ccccc4)cn3n2)c1)N1CCC(F)(F)C1. The molecular weight excluding hydrogens is 421 g/mol. The number of hydrogen-bond acceptors (Lipinski definition) is 4. The van der Waals surface area contributed by atoms with Gasteiger partial charge in [0, 0.05) is 36.6 Å².